The van der Waals surface area contributed by atoms with Crippen LogP contribution in [0.2, 0.25) is 0 Å². The molecule has 17 N–H and O–H groups in total. The first-order valence-electron chi connectivity index (χ1n) is 28.6. The summed E-state index contributed by atoms with van der Waals surface area (Å²) in [6.45, 7) is 11.7. The van der Waals surface area contributed by atoms with Crippen LogP contribution in [0.3, 0.4) is 0 Å². The molecule has 27 heteroatoms. The molecular formula is C55H91N13O13S. The number of aromatic hydroxyl groups is 1. The first-order valence-corrected chi connectivity index (χ1v) is 29.3. The van der Waals surface area contributed by atoms with Crippen LogP contribution in [0.15, 0.2) is 24.3 Å². The van der Waals surface area contributed by atoms with Crippen LogP contribution in [0, 0.1) is 17.8 Å². The first kappa shape index (κ1) is 69.7. The minimum atomic E-state index is -1.71. The minimum Gasteiger partial charge on any atom is -0.508 e. The molecule has 0 aromatic heterocycles. The highest BCUT2D eigenvalue weighted by molar-refractivity contribution is 7.80. The van der Waals surface area contributed by atoms with Crippen molar-refractivity contribution in [3.8, 4) is 5.75 Å². The number of nitrogens with two attached hydrogens (primary N) is 4. The number of carbonyl (C=O) groups excluding carboxylic acids is 10. The molecule has 2 aliphatic rings. The topological polar surface area (TPSA) is 423 Å². The van der Waals surface area contributed by atoms with Crippen LogP contribution >= 0.6 is 12.6 Å². The number of carboxylic acid groups (broad SMARTS) is 1. The van der Waals surface area contributed by atoms with Crippen molar-refractivity contribution in [3.63, 3.8) is 0 Å². The molecule has 2 saturated heterocycles. The largest absolute Gasteiger partial charge is 0.508 e. The van der Waals surface area contributed by atoms with Gasteiger partial charge in [0.05, 0.1) is 12.5 Å². The fraction of sp³-hybridized carbons (Fsp3) is 0.691. The normalized spacial score (nSPS) is 18.7. The summed E-state index contributed by atoms with van der Waals surface area (Å²) in [6.07, 6.45) is 4.39. The summed E-state index contributed by atoms with van der Waals surface area (Å²) >= 11 is 4.16. The van der Waals surface area contributed by atoms with Crippen LogP contribution in [0.4, 0.5) is 0 Å². The van der Waals surface area contributed by atoms with Gasteiger partial charge in [-0.25, -0.2) is 4.79 Å². The van der Waals surface area contributed by atoms with E-state index in [2.05, 4.69) is 49.8 Å². The van der Waals surface area contributed by atoms with Gasteiger partial charge in [-0.3, -0.25) is 47.9 Å². The van der Waals surface area contributed by atoms with Crippen molar-refractivity contribution in [1.82, 2.24) is 47.0 Å². The first-order chi connectivity index (χ1) is 38.8. The van der Waals surface area contributed by atoms with Crippen LogP contribution in [0.5, 0.6) is 5.75 Å². The Morgan fingerprint density at radius 2 is 1.06 bits per heavy atom. The van der Waals surface area contributed by atoms with E-state index in [0.717, 1.165) is 0 Å². The Balaban J connectivity index is 1.83. The highest BCUT2D eigenvalue weighted by Crippen LogP contribution is 2.25. The van der Waals surface area contributed by atoms with Crippen molar-refractivity contribution < 1.29 is 63.0 Å². The molecule has 2 fully saturated rings. The molecule has 1 aromatic carbocycles. The number of carboxylic acids is 1. The molecule has 82 heavy (non-hydrogen) atoms. The number of amides is 10. The van der Waals surface area contributed by atoms with Gasteiger partial charge in [-0.2, -0.15) is 12.6 Å². The fourth-order valence-corrected chi connectivity index (χ4v) is 10.0. The van der Waals surface area contributed by atoms with E-state index in [9.17, 15) is 63.0 Å². The van der Waals surface area contributed by atoms with Gasteiger partial charge in [0.25, 0.3) is 0 Å². The number of benzene rings is 1. The van der Waals surface area contributed by atoms with Crippen LogP contribution in [-0.4, -0.2) is 177 Å². The van der Waals surface area contributed by atoms with Gasteiger partial charge in [-0.1, -0.05) is 72.9 Å². The van der Waals surface area contributed by atoms with E-state index in [0.29, 0.717) is 82.9 Å². The second kappa shape index (κ2) is 34.8. The molecule has 460 valence electrons. The molecule has 2 aliphatic heterocycles. The third-order valence-electron chi connectivity index (χ3n) is 15.2. The number of nitrogens with one attached hydrogen (secondary N) is 7. The molecule has 0 saturated carbocycles. The number of hydrogen-bond acceptors (Lipinski definition) is 16. The molecular weight excluding hydrogens is 1080 g/mol. The maximum atomic E-state index is 14.6. The van der Waals surface area contributed by atoms with E-state index in [1.807, 2.05) is 0 Å². The zero-order valence-corrected chi connectivity index (χ0v) is 49.2. The Kier molecular flexibility index (Phi) is 29.5. The summed E-state index contributed by atoms with van der Waals surface area (Å²) in [4.78, 5) is 153. The van der Waals surface area contributed by atoms with Crippen LogP contribution < -0.4 is 60.2 Å². The summed E-state index contributed by atoms with van der Waals surface area (Å²) in [5.41, 5.74) is 23.1. The van der Waals surface area contributed by atoms with Crippen molar-refractivity contribution in [2.75, 3.05) is 31.9 Å². The van der Waals surface area contributed by atoms with Crippen molar-refractivity contribution in [2.24, 2.45) is 40.7 Å². The zero-order chi connectivity index (χ0) is 61.4. The number of carbonyl (C=O) groups is 11. The molecule has 0 radical (unpaired) electrons. The molecule has 1 aromatic rings. The maximum absolute atomic E-state index is 14.6. The monoisotopic (exact) mass is 1170 g/mol. The lowest BCUT2D eigenvalue weighted by molar-refractivity contribution is -0.145. The van der Waals surface area contributed by atoms with E-state index in [4.69, 9.17) is 22.9 Å². The average Bonchev–Trinajstić information content (AvgIpc) is 4.20. The molecule has 0 bridgehead atoms. The standard InChI is InChI=1S/C55H91N13O13S/c1-7-31(5)44(51(76)61-37(27-33-19-21-34(69)22-20-33)47(72)63-39(29-82)48(73)62-38(55(80)81)28-42(59)70)66-52(77)45(32(6)8-2)65-50(75)41-18-14-26-68(41)54(79)43(30(3)4)64-49(74)40-17-13-25-67(40)53(78)36(16-10-12-24-57)60-46(71)35(58)15-9-11-23-56/h19-22,30-32,35-41,43-45,69,82H,7-18,23-29,56-58H2,1-6H3,(H2,59,70)(H,60,71)(H,61,76)(H,62,73)(H,63,72)(H,64,74)(H,65,75)(H,66,77)(H,80,81)/t31-,32-,35-,36-,37-,38-,39-,40-,41-,43-,44-,45-/m0/s1. The van der Waals surface area contributed by atoms with Gasteiger partial charge in [0, 0.05) is 25.3 Å². The number of aliphatic carboxylic acids is 1. The lowest BCUT2D eigenvalue weighted by Gasteiger charge is -2.34. The van der Waals surface area contributed by atoms with Crippen LogP contribution in [-0.2, 0) is 59.2 Å². The number of likely N-dealkylation sites (tertiary alicyclic amines) is 2. The predicted octanol–water partition coefficient (Wildman–Crippen LogP) is -1.47. The lowest BCUT2D eigenvalue weighted by atomic mass is 9.94. The molecule has 0 spiro atoms. The Hall–Kier alpha value is -6.58. The van der Waals surface area contributed by atoms with E-state index in [-0.39, 0.29) is 43.9 Å². The van der Waals surface area contributed by atoms with Gasteiger partial charge in [0.15, 0.2) is 0 Å². The van der Waals surface area contributed by atoms with Crippen molar-refractivity contribution in [3.05, 3.63) is 29.8 Å². The second-order valence-electron chi connectivity index (χ2n) is 21.8. The summed E-state index contributed by atoms with van der Waals surface area (Å²) in [7, 11) is 0. The quantitative estimate of drug-likeness (QED) is 0.0273. The summed E-state index contributed by atoms with van der Waals surface area (Å²) in [5.74, 6) is -10.7. The maximum Gasteiger partial charge on any atom is 0.326 e. The van der Waals surface area contributed by atoms with Gasteiger partial charge >= 0.3 is 5.97 Å². The summed E-state index contributed by atoms with van der Waals surface area (Å²) < 4.78 is 0. The molecule has 12 atom stereocenters. The third kappa shape index (κ3) is 21.0. The fourth-order valence-electron chi connectivity index (χ4n) is 9.79. The SMILES string of the molecule is CC[C@H](C)[C@H](NC(=O)[C@@H](NC(=O)[C@@H]1CCCN1C(=O)[C@@H](NC(=O)[C@@H]1CCCN1C(=O)[C@H](CCCCN)NC(=O)[C@@H](N)CCCCN)C(C)C)[C@@H](C)CC)C(=O)N[C@@H](Cc1ccc(O)cc1)C(=O)N[C@@H](CS)C(=O)N[C@@H](CC(N)=O)C(=O)O. The van der Waals surface area contributed by atoms with Crippen LogP contribution in [0.25, 0.3) is 0 Å². The van der Waals surface area contributed by atoms with Crippen molar-refractivity contribution >= 4 is 77.7 Å². The average molecular weight is 1170 g/mol. The summed E-state index contributed by atoms with van der Waals surface area (Å²) in [6, 6.07) is -6.35. The van der Waals surface area contributed by atoms with E-state index in [1.165, 1.54) is 34.1 Å². The van der Waals surface area contributed by atoms with E-state index < -0.39 is 150 Å². The number of rotatable bonds is 35. The highest BCUT2D eigenvalue weighted by Gasteiger charge is 2.44. The molecule has 26 nitrogen and oxygen atoms in total. The number of unbranched alkanes of at least 4 members (excludes halogenated alkanes) is 2. The minimum absolute atomic E-state index is 0.0778. The number of phenols is 1. The smallest absolute Gasteiger partial charge is 0.326 e. The number of phenolic OH excluding ortho intramolecular Hbond substituents is 1. The number of primary amides is 1. The Morgan fingerprint density at radius 3 is 1.56 bits per heavy atom. The van der Waals surface area contributed by atoms with Gasteiger partial charge in [0.1, 0.15) is 60.1 Å². The predicted molar refractivity (Wildman–Crippen MR) is 308 cm³/mol. The number of hydrogen-bond donors (Lipinski definition) is 14. The van der Waals surface area contributed by atoms with Gasteiger partial charge < -0.3 is 80.2 Å². The van der Waals surface area contributed by atoms with Gasteiger partial charge in [-0.05, 0) is 106 Å². The molecule has 3 rings (SSSR count). The molecule has 10 amide bonds. The Bertz CT molecular complexity index is 2350. The molecule has 2 heterocycles. The molecule has 0 unspecified atom stereocenters. The van der Waals surface area contributed by atoms with Crippen molar-refractivity contribution in [1.29, 1.82) is 0 Å². The zero-order valence-electron chi connectivity index (χ0n) is 48.3. The second-order valence-corrected chi connectivity index (χ2v) is 22.2. The molecule has 0 aliphatic carbocycles. The van der Waals surface area contributed by atoms with E-state index >= 15 is 0 Å². The van der Waals surface area contributed by atoms with Crippen molar-refractivity contribution in [2.45, 2.75) is 192 Å². The highest BCUT2D eigenvalue weighted by atomic mass is 32.1. The van der Waals surface area contributed by atoms with Gasteiger partial charge in [0.2, 0.25) is 59.1 Å². The Morgan fingerprint density at radius 1 is 0.598 bits per heavy atom. The lowest BCUT2D eigenvalue weighted by Crippen LogP contribution is -2.62. The van der Waals surface area contributed by atoms with Crippen LogP contribution in [0.1, 0.15) is 131 Å². The third-order valence-corrected chi connectivity index (χ3v) is 15.6. The number of thiol groups is 1. The summed E-state index contributed by atoms with van der Waals surface area (Å²) in [5, 5.41) is 38.1. The number of nitrogens with zero attached hydrogens (tertiary/aromatic N) is 2. The van der Waals surface area contributed by atoms with E-state index in [1.54, 1.807) is 41.5 Å². The van der Waals surface area contributed by atoms with Gasteiger partial charge in [-0.15, -0.1) is 0 Å². The Labute approximate surface area is 486 Å².